The number of rotatable bonds is 6. The van der Waals surface area contributed by atoms with E-state index in [-0.39, 0.29) is 11.5 Å². The molecule has 5 nitrogen and oxygen atoms in total. The molecule has 5 aromatic rings. The lowest BCUT2D eigenvalue weighted by Gasteiger charge is -2.09. The lowest BCUT2D eigenvalue weighted by atomic mass is 10.1. The fraction of sp³-hybridized carbons (Fsp3) is 0.0800. The summed E-state index contributed by atoms with van der Waals surface area (Å²) in [5, 5.41) is 11.5. The number of aromatic nitrogens is 3. The van der Waals surface area contributed by atoms with Crippen LogP contribution in [0.15, 0.2) is 94.7 Å². The van der Waals surface area contributed by atoms with Crippen molar-refractivity contribution in [3.63, 3.8) is 0 Å². The van der Waals surface area contributed by atoms with Gasteiger partial charge in [0.2, 0.25) is 5.82 Å². The Morgan fingerprint density at radius 2 is 1.74 bits per heavy atom. The van der Waals surface area contributed by atoms with Crippen LogP contribution in [0.5, 0.6) is 0 Å². The molecule has 0 amide bonds. The molecule has 6 heteroatoms. The minimum absolute atomic E-state index is 0.0498. The highest BCUT2D eigenvalue weighted by Crippen LogP contribution is 2.29. The molecule has 0 atom stereocenters. The molecule has 0 bridgehead atoms. The van der Waals surface area contributed by atoms with Gasteiger partial charge in [0, 0.05) is 11.3 Å². The number of furan rings is 1. The summed E-state index contributed by atoms with van der Waals surface area (Å²) in [7, 11) is 0. The number of hydrogen-bond donors (Lipinski definition) is 0. The van der Waals surface area contributed by atoms with Gasteiger partial charge in [0.25, 0.3) is 0 Å². The molecule has 0 radical (unpaired) electrons. The van der Waals surface area contributed by atoms with Gasteiger partial charge in [-0.25, -0.2) is 0 Å². The van der Waals surface area contributed by atoms with Gasteiger partial charge in [-0.1, -0.05) is 65.9 Å². The number of thioether (sulfide) groups is 1. The summed E-state index contributed by atoms with van der Waals surface area (Å²) in [5.74, 6) is 1.55. The van der Waals surface area contributed by atoms with Crippen LogP contribution in [0.4, 0.5) is 0 Å². The third-order valence-electron chi connectivity index (χ3n) is 5.07. The summed E-state index contributed by atoms with van der Waals surface area (Å²) in [6, 6.07) is 25.6. The number of carbonyl (C=O) groups excluding carboxylic acids is 1. The topological polar surface area (TPSA) is 60.9 Å². The average molecular weight is 426 g/mol. The highest BCUT2D eigenvalue weighted by molar-refractivity contribution is 7.99. The van der Waals surface area contributed by atoms with Gasteiger partial charge in [0.15, 0.2) is 16.7 Å². The van der Waals surface area contributed by atoms with Gasteiger partial charge in [-0.15, -0.1) is 10.2 Å². The van der Waals surface area contributed by atoms with Crippen LogP contribution < -0.4 is 0 Å². The standard InChI is InChI=1S/C25H19N3O2S/c1-17-8-12-21(13-9-17)28-24(23-7-4-14-30-23)26-27-25(28)31-16-22(29)20-11-10-18-5-2-3-6-19(18)15-20/h2-15H,16H2,1H3. The molecule has 0 spiro atoms. The molecule has 0 N–H and O–H groups in total. The Morgan fingerprint density at radius 1 is 0.935 bits per heavy atom. The van der Waals surface area contributed by atoms with E-state index in [0.29, 0.717) is 22.3 Å². The summed E-state index contributed by atoms with van der Waals surface area (Å²) < 4.78 is 7.48. The quantitative estimate of drug-likeness (QED) is 0.248. The monoisotopic (exact) mass is 425 g/mol. The predicted molar refractivity (Wildman–Crippen MR) is 123 cm³/mol. The Bertz CT molecular complexity index is 1360. The van der Waals surface area contributed by atoms with Crippen LogP contribution in [-0.2, 0) is 0 Å². The fourth-order valence-corrected chi connectivity index (χ4v) is 4.28. The van der Waals surface area contributed by atoms with Crippen molar-refractivity contribution in [2.45, 2.75) is 12.1 Å². The smallest absolute Gasteiger partial charge is 0.205 e. The highest BCUT2D eigenvalue weighted by atomic mass is 32.2. The van der Waals surface area contributed by atoms with Crippen LogP contribution in [0.2, 0.25) is 0 Å². The van der Waals surface area contributed by atoms with Crippen molar-refractivity contribution in [3.8, 4) is 17.3 Å². The molecule has 0 fully saturated rings. The van der Waals surface area contributed by atoms with Crippen LogP contribution in [-0.4, -0.2) is 26.3 Å². The molecule has 2 heterocycles. The normalized spacial score (nSPS) is 11.1. The number of Topliss-reactive ketones (excluding diaryl/α,β-unsaturated/α-hetero) is 1. The number of aryl methyl sites for hydroxylation is 1. The van der Waals surface area contributed by atoms with Gasteiger partial charge in [-0.3, -0.25) is 9.36 Å². The zero-order valence-electron chi connectivity index (χ0n) is 16.9. The van der Waals surface area contributed by atoms with E-state index in [2.05, 4.69) is 10.2 Å². The Hall–Kier alpha value is -3.64. The molecule has 2 aromatic heterocycles. The van der Waals surface area contributed by atoms with Gasteiger partial charge in [-0.05, 0) is 48.0 Å². The molecule has 0 unspecified atom stereocenters. The summed E-state index contributed by atoms with van der Waals surface area (Å²) >= 11 is 1.37. The fourth-order valence-electron chi connectivity index (χ4n) is 3.43. The van der Waals surface area contributed by atoms with Crippen molar-refractivity contribution in [3.05, 3.63) is 96.3 Å². The van der Waals surface area contributed by atoms with Gasteiger partial charge in [0.1, 0.15) is 0 Å². The third kappa shape index (κ3) is 3.90. The minimum Gasteiger partial charge on any atom is -0.461 e. The summed E-state index contributed by atoms with van der Waals surface area (Å²) in [6.07, 6.45) is 1.61. The second-order valence-electron chi connectivity index (χ2n) is 7.23. The summed E-state index contributed by atoms with van der Waals surface area (Å²) in [5.41, 5.74) is 2.78. The Kier molecular flexibility index (Phi) is 5.14. The van der Waals surface area contributed by atoms with E-state index < -0.39 is 0 Å². The van der Waals surface area contributed by atoms with E-state index in [0.717, 1.165) is 22.0 Å². The van der Waals surface area contributed by atoms with E-state index in [9.17, 15) is 4.79 Å². The second kappa shape index (κ2) is 8.24. The number of fused-ring (bicyclic) bond motifs is 1. The third-order valence-corrected chi connectivity index (χ3v) is 6.00. The zero-order chi connectivity index (χ0) is 21.2. The predicted octanol–water partition coefficient (Wildman–Crippen LogP) is 5.96. The maximum Gasteiger partial charge on any atom is 0.205 e. The zero-order valence-corrected chi connectivity index (χ0v) is 17.7. The molecule has 0 aliphatic rings. The van der Waals surface area contributed by atoms with Gasteiger partial charge in [-0.2, -0.15) is 0 Å². The Balaban J connectivity index is 1.44. The van der Waals surface area contributed by atoms with E-state index >= 15 is 0 Å². The molecular weight excluding hydrogens is 406 g/mol. The molecule has 152 valence electrons. The Labute approximate surface area is 183 Å². The number of ketones is 1. The average Bonchev–Trinajstić information content (AvgIpc) is 3.47. The molecule has 3 aromatic carbocycles. The first-order valence-corrected chi connectivity index (χ1v) is 10.9. The number of nitrogens with zero attached hydrogens (tertiary/aromatic N) is 3. The molecule has 5 rings (SSSR count). The first kappa shape index (κ1) is 19.3. The first-order chi connectivity index (χ1) is 15.2. The first-order valence-electron chi connectivity index (χ1n) is 9.90. The minimum atomic E-state index is 0.0498. The maximum absolute atomic E-state index is 12.9. The highest BCUT2D eigenvalue weighted by Gasteiger charge is 2.19. The van der Waals surface area contributed by atoms with Crippen molar-refractivity contribution in [1.29, 1.82) is 0 Å². The van der Waals surface area contributed by atoms with Gasteiger partial charge < -0.3 is 4.42 Å². The summed E-state index contributed by atoms with van der Waals surface area (Å²) in [4.78, 5) is 12.9. The number of carbonyl (C=O) groups is 1. The van der Waals surface area contributed by atoms with E-state index in [1.165, 1.54) is 11.8 Å². The SMILES string of the molecule is Cc1ccc(-n2c(SCC(=O)c3ccc4ccccc4c3)nnc2-c2ccco2)cc1. The van der Waals surface area contributed by atoms with Crippen molar-refractivity contribution in [2.75, 3.05) is 5.75 Å². The number of benzene rings is 3. The van der Waals surface area contributed by atoms with E-state index in [1.807, 2.05) is 90.4 Å². The van der Waals surface area contributed by atoms with Crippen molar-refractivity contribution in [2.24, 2.45) is 0 Å². The van der Waals surface area contributed by atoms with Crippen LogP contribution in [0, 0.1) is 6.92 Å². The summed E-state index contributed by atoms with van der Waals surface area (Å²) in [6.45, 7) is 2.04. The molecule has 31 heavy (non-hydrogen) atoms. The number of hydrogen-bond acceptors (Lipinski definition) is 5. The lowest BCUT2D eigenvalue weighted by Crippen LogP contribution is -2.05. The largest absolute Gasteiger partial charge is 0.461 e. The van der Waals surface area contributed by atoms with Crippen LogP contribution >= 0.6 is 11.8 Å². The molecule has 0 aliphatic heterocycles. The van der Waals surface area contributed by atoms with Crippen molar-refractivity contribution in [1.82, 2.24) is 14.8 Å². The van der Waals surface area contributed by atoms with Crippen LogP contribution in [0.25, 0.3) is 28.0 Å². The molecular formula is C25H19N3O2S. The van der Waals surface area contributed by atoms with Crippen molar-refractivity contribution < 1.29 is 9.21 Å². The van der Waals surface area contributed by atoms with E-state index in [4.69, 9.17) is 4.42 Å². The molecule has 0 saturated heterocycles. The lowest BCUT2D eigenvalue weighted by molar-refractivity contribution is 0.102. The van der Waals surface area contributed by atoms with Crippen LogP contribution in [0.1, 0.15) is 15.9 Å². The Morgan fingerprint density at radius 3 is 2.52 bits per heavy atom. The second-order valence-corrected chi connectivity index (χ2v) is 8.17. The van der Waals surface area contributed by atoms with Gasteiger partial charge >= 0.3 is 0 Å². The van der Waals surface area contributed by atoms with Crippen LogP contribution in [0.3, 0.4) is 0 Å². The van der Waals surface area contributed by atoms with Gasteiger partial charge in [0.05, 0.1) is 12.0 Å². The van der Waals surface area contributed by atoms with Crippen molar-refractivity contribution >= 4 is 28.3 Å². The molecule has 0 saturated carbocycles. The maximum atomic E-state index is 12.9. The van der Waals surface area contributed by atoms with E-state index in [1.54, 1.807) is 6.26 Å². The molecule has 0 aliphatic carbocycles.